The van der Waals surface area contributed by atoms with Crippen LogP contribution in [0, 0.1) is 0 Å². The van der Waals surface area contributed by atoms with E-state index in [-0.39, 0.29) is 12.4 Å². The van der Waals surface area contributed by atoms with Gasteiger partial charge in [0.2, 0.25) is 0 Å². The quantitative estimate of drug-likeness (QED) is 0.207. The first-order valence-electron chi connectivity index (χ1n) is 11.1. The van der Waals surface area contributed by atoms with E-state index < -0.39 is 0 Å². The van der Waals surface area contributed by atoms with E-state index in [2.05, 4.69) is 33.3 Å². The summed E-state index contributed by atoms with van der Waals surface area (Å²) in [5.74, 6) is 0. The van der Waals surface area contributed by atoms with Gasteiger partial charge in [0.15, 0.2) is 0 Å². The van der Waals surface area contributed by atoms with E-state index in [0.717, 1.165) is 11.2 Å². The lowest BCUT2D eigenvalue weighted by atomic mass is 10.0. The number of unbranched alkanes of at least 4 members (excludes halogenated alkanes) is 13. The summed E-state index contributed by atoms with van der Waals surface area (Å²) in [6.07, 6.45) is 21.5. The molecule has 0 aromatic rings. The number of nitrogens with zero attached hydrogens (tertiary/aromatic N) is 1. The molecule has 0 heterocycles. The van der Waals surface area contributed by atoms with Crippen LogP contribution in [0.2, 0.25) is 0 Å². The van der Waals surface area contributed by atoms with Gasteiger partial charge in [-0.1, -0.05) is 97.3 Å². The SMILES string of the molecule is CCCCCCCCCCCCCCCCNC[N+](C)(C)CCC.[Cl-]. The molecule has 0 bridgehead atoms. The van der Waals surface area contributed by atoms with E-state index in [4.69, 9.17) is 0 Å². The number of quaternary nitrogens is 1. The van der Waals surface area contributed by atoms with Crippen molar-refractivity contribution in [3.8, 4) is 0 Å². The largest absolute Gasteiger partial charge is 1.00 e. The molecule has 0 aromatic carbocycles. The highest BCUT2D eigenvalue weighted by atomic mass is 35.5. The van der Waals surface area contributed by atoms with Crippen LogP contribution in [-0.4, -0.2) is 38.3 Å². The molecule has 0 fully saturated rings. The molecule has 0 saturated heterocycles. The highest BCUT2D eigenvalue weighted by Crippen LogP contribution is 2.12. The zero-order valence-electron chi connectivity index (χ0n) is 18.1. The van der Waals surface area contributed by atoms with Crippen LogP contribution in [0.1, 0.15) is 110 Å². The number of rotatable bonds is 19. The summed E-state index contributed by atoms with van der Waals surface area (Å²) >= 11 is 0. The van der Waals surface area contributed by atoms with Gasteiger partial charge in [-0.05, 0) is 12.8 Å². The molecule has 2 nitrogen and oxygen atoms in total. The second-order valence-corrected chi connectivity index (χ2v) is 8.41. The lowest BCUT2D eigenvalue weighted by Crippen LogP contribution is -3.00. The van der Waals surface area contributed by atoms with Gasteiger partial charge in [0.1, 0.15) is 6.67 Å². The molecule has 0 aliphatic rings. The average molecular weight is 377 g/mol. The summed E-state index contributed by atoms with van der Waals surface area (Å²) in [7, 11) is 4.64. The molecule has 0 aliphatic heterocycles. The number of hydrogen-bond acceptors (Lipinski definition) is 1. The van der Waals surface area contributed by atoms with Crippen LogP contribution in [0.25, 0.3) is 0 Å². The number of hydrogen-bond donors (Lipinski definition) is 1. The summed E-state index contributed by atoms with van der Waals surface area (Å²) < 4.78 is 1.11. The molecule has 1 N–H and O–H groups in total. The third-order valence-electron chi connectivity index (χ3n) is 5.08. The van der Waals surface area contributed by atoms with E-state index in [9.17, 15) is 0 Å². The van der Waals surface area contributed by atoms with E-state index in [1.165, 1.54) is 109 Å². The van der Waals surface area contributed by atoms with Gasteiger partial charge in [-0.3, -0.25) is 5.32 Å². The molecule has 0 amide bonds. The highest BCUT2D eigenvalue weighted by molar-refractivity contribution is 4.50. The maximum atomic E-state index is 3.63. The summed E-state index contributed by atoms with van der Waals surface area (Å²) in [6, 6.07) is 0. The summed E-state index contributed by atoms with van der Waals surface area (Å²) in [4.78, 5) is 0. The van der Waals surface area contributed by atoms with Crippen molar-refractivity contribution in [1.29, 1.82) is 0 Å². The Morgan fingerprint density at radius 1 is 0.560 bits per heavy atom. The maximum absolute atomic E-state index is 3.63. The summed E-state index contributed by atoms with van der Waals surface area (Å²) in [6.45, 7) is 8.15. The molecule has 0 atom stereocenters. The topological polar surface area (TPSA) is 12.0 Å². The summed E-state index contributed by atoms with van der Waals surface area (Å²) in [5, 5.41) is 3.63. The Morgan fingerprint density at radius 2 is 0.960 bits per heavy atom. The third kappa shape index (κ3) is 22.2. The van der Waals surface area contributed by atoms with E-state index in [1.54, 1.807) is 0 Å². The standard InChI is InChI=1S/C22H49N2.ClH/c1-5-7-8-9-10-11-12-13-14-15-16-17-18-19-20-23-22-24(3,4)21-6-2;/h23H,5-22H2,1-4H3;1H/q+1;/p-1. The van der Waals surface area contributed by atoms with E-state index >= 15 is 0 Å². The van der Waals surface area contributed by atoms with Gasteiger partial charge in [0.25, 0.3) is 0 Å². The monoisotopic (exact) mass is 376 g/mol. The van der Waals surface area contributed by atoms with Crippen molar-refractivity contribution in [1.82, 2.24) is 5.32 Å². The lowest BCUT2D eigenvalue weighted by molar-refractivity contribution is -0.893. The lowest BCUT2D eigenvalue weighted by Gasteiger charge is -2.29. The molecule has 0 rings (SSSR count). The minimum Gasteiger partial charge on any atom is -1.00 e. The Labute approximate surface area is 166 Å². The Balaban J connectivity index is 0. The molecule has 0 spiro atoms. The molecular formula is C22H49ClN2. The Hall–Kier alpha value is 0.210. The van der Waals surface area contributed by atoms with Crippen molar-refractivity contribution in [2.45, 2.75) is 110 Å². The van der Waals surface area contributed by atoms with Gasteiger partial charge in [-0.2, -0.15) is 0 Å². The van der Waals surface area contributed by atoms with Crippen molar-refractivity contribution in [3.05, 3.63) is 0 Å². The van der Waals surface area contributed by atoms with Gasteiger partial charge in [-0.25, -0.2) is 0 Å². The van der Waals surface area contributed by atoms with Gasteiger partial charge >= 0.3 is 0 Å². The van der Waals surface area contributed by atoms with Crippen LogP contribution in [-0.2, 0) is 0 Å². The Bertz CT molecular complexity index is 244. The van der Waals surface area contributed by atoms with Gasteiger partial charge < -0.3 is 16.9 Å². The fraction of sp³-hybridized carbons (Fsp3) is 1.00. The molecule has 0 aromatic heterocycles. The number of halogens is 1. The number of nitrogens with one attached hydrogen (secondary N) is 1. The molecule has 25 heavy (non-hydrogen) atoms. The second kappa shape index (κ2) is 20.5. The van der Waals surface area contributed by atoms with Crippen LogP contribution >= 0.6 is 0 Å². The van der Waals surface area contributed by atoms with Crippen molar-refractivity contribution in [3.63, 3.8) is 0 Å². The van der Waals surface area contributed by atoms with Crippen molar-refractivity contribution in [2.24, 2.45) is 0 Å². The van der Waals surface area contributed by atoms with Crippen molar-refractivity contribution < 1.29 is 16.9 Å². The van der Waals surface area contributed by atoms with Crippen LogP contribution in [0.15, 0.2) is 0 Å². The minimum absolute atomic E-state index is 0. The first kappa shape index (κ1) is 27.4. The van der Waals surface area contributed by atoms with E-state index in [1.807, 2.05) is 0 Å². The average Bonchev–Trinajstić information content (AvgIpc) is 2.54. The predicted molar refractivity (Wildman–Crippen MR) is 110 cm³/mol. The fourth-order valence-electron chi connectivity index (χ4n) is 3.51. The zero-order chi connectivity index (χ0) is 17.9. The van der Waals surface area contributed by atoms with Gasteiger partial charge in [0, 0.05) is 6.54 Å². The normalized spacial score (nSPS) is 11.5. The fourth-order valence-corrected chi connectivity index (χ4v) is 3.51. The zero-order valence-corrected chi connectivity index (χ0v) is 18.8. The van der Waals surface area contributed by atoms with Crippen molar-refractivity contribution >= 4 is 0 Å². The van der Waals surface area contributed by atoms with Crippen LogP contribution in [0.4, 0.5) is 0 Å². The first-order chi connectivity index (χ1) is 11.6. The molecule has 0 radical (unpaired) electrons. The van der Waals surface area contributed by atoms with E-state index in [0.29, 0.717) is 0 Å². The third-order valence-corrected chi connectivity index (χ3v) is 5.08. The molecule has 3 heteroatoms. The van der Waals surface area contributed by atoms with Gasteiger partial charge in [0.05, 0.1) is 20.6 Å². The first-order valence-corrected chi connectivity index (χ1v) is 11.1. The van der Waals surface area contributed by atoms with Gasteiger partial charge in [-0.15, -0.1) is 0 Å². The Morgan fingerprint density at radius 3 is 1.36 bits per heavy atom. The van der Waals surface area contributed by atoms with Crippen molar-refractivity contribution in [2.75, 3.05) is 33.9 Å². The molecule has 0 unspecified atom stereocenters. The van der Waals surface area contributed by atoms with Crippen LogP contribution < -0.4 is 17.7 Å². The summed E-state index contributed by atoms with van der Waals surface area (Å²) in [5.41, 5.74) is 0. The molecule has 0 saturated carbocycles. The maximum Gasteiger partial charge on any atom is 0.132 e. The predicted octanol–water partition coefficient (Wildman–Crippen LogP) is 3.51. The van der Waals surface area contributed by atoms with Crippen LogP contribution in [0.3, 0.4) is 0 Å². The Kier molecular flexibility index (Phi) is 22.5. The molecule has 154 valence electrons. The second-order valence-electron chi connectivity index (χ2n) is 8.41. The molecule has 0 aliphatic carbocycles. The highest BCUT2D eigenvalue weighted by Gasteiger charge is 2.11. The minimum atomic E-state index is 0. The molecular weight excluding hydrogens is 328 g/mol. The smallest absolute Gasteiger partial charge is 0.132 e. The van der Waals surface area contributed by atoms with Crippen LogP contribution in [0.5, 0.6) is 0 Å².